The first-order chi connectivity index (χ1) is 8.07. The van der Waals surface area contributed by atoms with Crippen LogP contribution in [0.3, 0.4) is 0 Å². The van der Waals surface area contributed by atoms with Gasteiger partial charge in [-0.1, -0.05) is 36.8 Å². The van der Waals surface area contributed by atoms with Gasteiger partial charge in [0.1, 0.15) is 0 Å². The Bertz CT molecular complexity index is 333. The summed E-state index contributed by atoms with van der Waals surface area (Å²) in [6.45, 7) is 9.26. The molecule has 0 fully saturated rings. The number of hydrogen-bond acceptors (Lipinski definition) is 2. The summed E-state index contributed by atoms with van der Waals surface area (Å²) < 4.78 is 5.95. The van der Waals surface area contributed by atoms with Crippen molar-refractivity contribution in [3.63, 3.8) is 0 Å². The Balaban J connectivity index is 3.00. The van der Waals surface area contributed by atoms with Gasteiger partial charge in [-0.25, -0.2) is 0 Å². The van der Waals surface area contributed by atoms with E-state index in [4.69, 9.17) is 4.74 Å². The van der Waals surface area contributed by atoms with Gasteiger partial charge in [-0.3, -0.25) is 0 Å². The third kappa shape index (κ3) is 3.30. The van der Waals surface area contributed by atoms with Gasteiger partial charge < -0.3 is 10.1 Å². The summed E-state index contributed by atoms with van der Waals surface area (Å²) in [4.78, 5) is 0. The van der Waals surface area contributed by atoms with E-state index in [-0.39, 0.29) is 11.6 Å². The summed E-state index contributed by atoms with van der Waals surface area (Å²) in [6.07, 6.45) is 0.986. The Morgan fingerprint density at radius 2 is 1.82 bits per heavy atom. The molecule has 0 bridgehead atoms. The zero-order valence-corrected chi connectivity index (χ0v) is 11.7. The number of ether oxygens (including phenoxy) is 1. The molecule has 96 valence electrons. The van der Waals surface area contributed by atoms with Crippen LogP contribution < -0.4 is 5.32 Å². The van der Waals surface area contributed by atoms with E-state index < -0.39 is 0 Å². The molecular formula is C15H25NO. The summed E-state index contributed by atoms with van der Waals surface area (Å²) in [6, 6.07) is 8.91. The highest BCUT2D eigenvalue weighted by molar-refractivity contribution is 5.26. The van der Waals surface area contributed by atoms with Gasteiger partial charge in [0.05, 0.1) is 11.6 Å². The first-order valence-electron chi connectivity index (χ1n) is 6.45. The summed E-state index contributed by atoms with van der Waals surface area (Å²) in [5, 5.41) is 3.39. The summed E-state index contributed by atoms with van der Waals surface area (Å²) >= 11 is 0. The van der Waals surface area contributed by atoms with Crippen LogP contribution in [0, 0.1) is 6.92 Å². The minimum Gasteiger partial charge on any atom is -0.374 e. The fourth-order valence-corrected chi connectivity index (χ4v) is 2.30. The third-order valence-electron chi connectivity index (χ3n) is 3.49. The lowest BCUT2D eigenvalue weighted by Gasteiger charge is -2.37. The van der Waals surface area contributed by atoms with Crippen LogP contribution in [0.25, 0.3) is 0 Å². The molecule has 1 aromatic carbocycles. The van der Waals surface area contributed by atoms with Crippen LogP contribution in [0.4, 0.5) is 0 Å². The molecule has 2 atom stereocenters. The monoisotopic (exact) mass is 235 g/mol. The molecule has 0 saturated carbocycles. The van der Waals surface area contributed by atoms with Gasteiger partial charge in [0.2, 0.25) is 0 Å². The van der Waals surface area contributed by atoms with Crippen molar-refractivity contribution < 1.29 is 4.74 Å². The zero-order chi connectivity index (χ0) is 12.9. The van der Waals surface area contributed by atoms with Gasteiger partial charge in [0.25, 0.3) is 0 Å². The summed E-state index contributed by atoms with van der Waals surface area (Å²) in [7, 11) is 2.00. The van der Waals surface area contributed by atoms with E-state index >= 15 is 0 Å². The summed E-state index contributed by atoms with van der Waals surface area (Å²) in [5.41, 5.74) is 2.42. The predicted molar refractivity (Wildman–Crippen MR) is 73.3 cm³/mol. The third-order valence-corrected chi connectivity index (χ3v) is 3.49. The van der Waals surface area contributed by atoms with E-state index in [1.54, 1.807) is 0 Å². The molecule has 1 rings (SSSR count). The average molecular weight is 235 g/mol. The predicted octanol–water partition coefficient (Wildman–Crippen LogP) is 3.46. The number of nitrogens with one attached hydrogen (secondary N) is 1. The van der Waals surface area contributed by atoms with Gasteiger partial charge in [-0.2, -0.15) is 0 Å². The maximum absolute atomic E-state index is 5.95. The molecule has 0 aliphatic rings. The van der Waals surface area contributed by atoms with Crippen molar-refractivity contribution in [1.82, 2.24) is 5.32 Å². The van der Waals surface area contributed by atoms with Crippen LogP contribution >= 0.6 is 0 Å². The molecule has 0 heterocycles. The van der Waals surface area contributed by atoms with E-state index in [0.29, 0.717) is 0 Å². The molecule has 0 radical (unpaired) electrons. The zero-order valence-electron chi connectivity index (χ0n) is 11.7. The Labute approximate surface area is 105 Å². The van der Waals surface area contributed by atoms with Gasteiger partial charge in [0.15, 0.2) is 0 Å². The van der Waals surface area contributed by atoms with Crippen molar-refractivity contribution in [3.05, 3.63) is 35.4 Å². The van der Waals surface area contributed by atoms with Crippen LogP contribution in [0.15, 0.2) is 24.3 Å². The van der Waals surface area contributed by atoms with Crippen molar-refractivity contribution >= 4 is 0 Å². The maximum Gasteiger partial charge on any atom is 0.0845 e. The van der Waals surface area contributed by atoms with E-state index in [1.807, 2.05) is 7.05 Å². The Kier molecular flexibility index (Phi) is 5.16. The lowest BCUT2D eigenvalue weighted by atomic mass is 9.87. The molecule has 0 saturated heterocycles. The van der Waals surface area contributed by atoms with E-state index in [1.165, 1.54) is 11.1 Å². The normalized spacial score (nSPS) is 16.5. The van der Waals surface area contributed by atoms with E-state index in [0.717, 1.165) is 13.0 Å². The lowest BCUT2D eigenvalue weighted by molar-refractivity contribution is -0.0546. The van der Waals surface area contributed by atoms with E-state index in [9.17, 15) is 0 Å². The van der Waals surface area contributed by atoms with Crippen LogP contribution in [-0.4, -0.2) is 19.3 Å². The molecule has 17 heavy (non-hydrogen) atoms. The minimum atomic E-state index is -0.154. The van der Waals surface area contributed by atoms with E-state index in [2.05, 4.69) is 57.3 Å². The molecule has 0 aliphatic heterocycles. The van der Waals surface area contributed by atoms with Gasteiger partial charge in [-0.05, 0) is 39.8 Å². The minimum absolute atomic E-state index is 0.154. The van der Waals surface area contributed by atoms with Crippen LogP contribution in [0.2, 0.25) is 0 Å². The molecule has 2 nitrogen and oxygen atoms in total. The highest BCUT2D eigenvalue weighted by Crippen LogP contribution is 2.31. The fourth-order valence-electron chi connectivity index (χ4n) is 2.30. The largest absolute Gasteiger partial charge is 0.374 e. The van der Waals surface area contributed by atoms with Crippen LogP contribution in [0.1, 0.15) is 44.4 Å². The lowest BCUT2D eigenvalue weighted by Crippen LogP contribution is -2.42. The molecular weight excluding hydrogens is 210 g/mol. The second-order valence-corrected chi connectivity index (χ2v) is 4.73. The number of hydrogen-bond donors (Lipinski definition) is 1. The molecule has 1 aromatic rings. The SMILES string of the molecule is CCOC(C)(CC)C(NC)c1ccc(C)cc1. The number of aryl methyl sites for hydroxylation is 1. The van der Waals surface area contributed by atoms with Crippen molar-refractivity contribution in [3.8, 4) is 0 Å². The fraction of sp³-hybridized carbons (Fsp3) is 0.600. The maximum atomic E-state index is 5.95. The van der Waals surface area contributed by atoms with Crippen molar-refractivity contribution in [1.29, 1.82) is 0 Å². The highest BCUT2D eigenvalue weighted by atomic mass is 16.5. The highest BCUT2D eigenvalue weighted by Gasteiger charge is 2.33. The van der Waals surface area contributed by atoms with Crippen LogP contribution in [-0.2, 0) is 4.74 Å². The smallest absolute Gasteiger partial charge is 0.0845 e. The Morgan fingerprint density at radius 3 is 2.24 bits per heavy atom. The Hall–Kier alpha value is -0.860. The van der Waals surface area contributed by atoms with Crippen molar-refractivity contribution in [2.45, 2.75) is 45.8 Å². The Morgan fingerprint density at radius 1 is 1.24 bits per heavy atom. The molecule has 1 N–H and O–H groups in total. The first kappa shape index (κ1) is 14.2. The number of rotatable bonds is 6. The standard InChI is InChI=1S/C15H25NO/c1-6-15(4,17-7-2)14(16-5)13-10-8-12(3)9-11-13/h8-11,14,16H,6-7H2,1-5H3. The molecule has 0 aromatic heterocycles. The van der Waals surface area contributed by atoms with Gasteiger partial charge >= 0.3 is 0 Å². The topological polar surface area (TPSA) is 21.3 Å². The average Bonchev–Trinajstić information content (AvgIpc) is 2.33. The first-order valence-corrected chi connectivity index (χ1v) is 6.45. The summed E-state index contributed by atoms with van der Waals surface area (Å²) in [5.74, 6) is 0. The van der Waals surface area contributed by atoms with Crippen molar-refractivity contribution in [2.75, 3.05) is 13.7 Å². The van der Waals surface area contributed by atoms with Crippen molar-refractivity contribution in [2.24, 2.45) is 0 Å². The quantitative estimate of drug-likeness (QED) is 0.815. The second kappa shape index (κ2) is 6.18. The molecule has 0 aliphatic carbocycles. The molecule has 2 heteroatoms. The number of benzene rings is 1. The number of likely N-dealkylation sites (N-methyl/N-ethyl adjacent to an activating group) is 1. The van der Waals surface area contributed by atoms with Gasteiger partial charge in [0, 0.05) is 6.61 Å². The molecule has 0 spiro atoms. The molecule has 2 unspecified atom stereocenters. The second-order valence-electron chi connectivity index (χ2n) is 4.73. The molecule has 0 amide bonds. The van der Waals surface area contributed by atoms with Crippen LogP contribution in [0.5, 0.6) is 0 Å². The van der Waals surface area contributed by atoms with Gasteiger partial charge in [-0.15, -0.1) is 0 Å².